The fraction of sp³-hybridized carbons (Fsp3) is 0.0588. The smallest absolute Gasteiger partial charge is 0.352 e. The first-order valence-corrected chi connectivity index (χ1v) is 6.63. The van der Waals surface area contributed by atoms with Gasteiger partial charge >= 0.3 is 5.97 Å². The summed E-state index contributed by atoms with van der Waals surface area (Å²) in [7, 11) is 0. The summed E-state index contributed by atoms with van der Waals surface area (Å²) >= 11 is 0. The Morgan fingerprint density at radius 3 is 2.73 bits per heavy atom. The molecule has 0 aliphatic rings. The van der Waals surface area contributed by atoms with Crippen LogP contribution in [0, 0.1) is 11.3 Å². The zero-order valence-electron chi connectivity index (χ0n) is 11.5. The van der Waals surface area contributed by atoms with Gasteiger partial charge in [-0.1, -0.05) is 12.1 Å². The number of hydrogen-bond donors (Lipinski definition) is 2. The summed E-state index contributed by atoms with van der Waals surface area (Å²) in [4.78, 5) is 11.5. The van der Waals surface area contributed by atoms with E-state index in [1.165, 1.54) is 18.2 Å². The summed E-state index contributed by atoms with van der Waals surface area (Å²) in [5.74, 6) is -0.944. The largest absolute Gasteiger partial charge is 0.508 e. The Labute approximate surface area is 126 Å². The lowest BCUT2D eigenvalue weighted by Gasteiger charge is -2.09. The van der Waals surface area contributed by atoms with E-state index in [2.05, 4.69) is 6.07 Å². The number of hydrogen-bond acceptors (Lipinski definition) is 3. The van der Waals surface area contributed by atoms with Crippen molar-refractivity contribution in [3.8, 4) is 11.8 Å². The quantitative estimate of drug-likeness (QED) is 0.777. The molecule has 5 nitrogen and oxygen atoms in total. The molecule has 3 rings (SSSR count). The Morgan fingerprint density at radius 2 is 2.00 bits per heavy atom. The predicted octanol–water partition coefficient (Wildman–Crippen LogP) is 2.97. The van der Waals surface area contributed by atoms with Gasteiger partial charge < -0.3 is 14.8 Å². The van der Waals surface area contributed by atoms with Crippen molar-refractivity contribution in [1.29, 1.82) is 5.26 Å². The van der Waals surface area contributed by atoms with Crippen molar-refractivity contribution in [3.05, 3.63) is 65.4 Å². The fourth-order valence-electron chi connectivity index (χ4n) is 2.53. The molecule has 0 saturated carbocycles. The van der Waals surface area contributed by atoms with Gasteiger partial charge in [-0.15, -0.1) is 0 Å². The van der Waals surface area contributed by atoms with E-state index in [4.69, 9.17) is 5.26 Å². The number of nitrogens with zero attached hydrogens (tertiary/aromatic N) is 2. The third-order valence-electron chi connectivity index (χ3n) is 3.50. The lowest BCUT2D eigenvalue weighted by Crippen LogP contribution is -2.09. The first-order chi connectivity index (χ1) is 10.6. The number of aromatic hydroxyl groups is 1. The van der Waals surface area contributed by atoms with Crippen LogP contribution in [0.1, 0.15) is 21.6 Å². The molecule has 0 spiro atoms. The Balaban J connectivity index is 2.14. The molecule has 0 unspecified atom stereocenters. The van der Waals surface area contributed by atoms with Crippen LogP contribution >= 0.6 is 0 Å². The van der Waals surface area contributed by atoms with Crippen LogP contribution in [0.4, 0.5) is 0 Å². The Morgan fingerprint density at radius 1 is 1.18 bits per heavy atom. The van der Waals surface area contributed by atoms with Crippen molar-refractivity contribution in [1.82, 2.24) is 4.57 Å². The number of aromatic carboxylic acids is 1. The molecule has 108 valence electrons. The number of aromatic nitrogens is 1. The molecular weight excluding hydrogens is 280 g/mol. The van der Waals surface area contributed by atoms with Gasteiger partial charge in [0.1, 0.15) is 11.4 Å². The van der Waals surface area contributed by atoms with Gasteiger partial charge in [0.2, 0.25) is 0 Å². The molecule has 1 heterocycles. The van der Waals surface area contributed by atoms with E-state index in [1.807, 2.05) is 6.07 Å². The van der Waals surface area contributed by atoms with Gasteiger partial charge in [0.15, 0.2) is 0 Å². The maximum Gasteiger partial charge on any atom is 0.352 e. The highest BCUT2D eigenvalue weighted by Gasteiger charge is 2.15. The van der Waals surface area contributed by atoms with Crippen molar-refractivity contribution >= 4 is 16.9 Å². The van der Waals surface area contributed by atoms with E-state index in [9.17, 15) is 15.0 Å². The summed E-state index contributed by atoms with van der Waals surface area (Å²) in [5, 5.41) is 28.5. The maximum absolute atomic E-state index is 11.5. The molecule has 1 aromatic heterocycles. The molecule has 0 aliphatic heterocycles. The van der Waals surface area contributed by atoms with Gasteiger partial charge in [-0.25, -0.2) is 4.79 Å². The highest BCUT2D eigenvalue weighted by atomic mass is 16.4. The fourth-order valence-corrected chi connectivity index (χ4v) is 2.53. The van der Waals surface area contributed by atoms with Crippen molar-refractivity contribution in [2.75, 3.05) is 0 Å². The van der Waals surface area contributed by atoms with Crippen LogP contribution < -0.4 is 0 Å². The van der Waals surface area contributed by atoms with Crippen LogP contribution in [-0.2, 0) is 6.54 Å². The summed E-state index contributed by atoms with van der Waals surface area (Å²) in [5.41, 5.74) is 2.23. The number of benzene rings is 2. The van der Waals surface area contributed by atoms with Gasteiger partial charge in [0.25, 0.3) is 0 Å². The minimum absolute atomic E-state index is 0.0908. The second kappa shape index (κ2) is 5.26. The van der Waals surface area contributed by atoms with E-state index in [0.717, 1.165) is 11.1 Å². The number of rotatable bonds is 3. The molecule has 2 N–H and O–H groups in total. The highest BCUT2D eigenvalue weighted by molar-refractivity contribution is 5.95. The number of carbonyl (C=O) groups is 1. The van der Waals surface area contributed by atoms with Gasteiger partial charge in [-0.3, -0.25) is 0 Å². The topological polar surface area (TPSA) is 86.2 Å². The Kier molecular flexibility index (Phi) is 3.28. The SMILES string of the molecule is N#Cc1cccc(Cn2c(C(=O)O)cc3cc(O)ccc32)c1. The minimum Gasteiger partial charge on any atom is -0.508 e. The van der Waals surface area contributed by atoms with Crippen LogP contribution in [0.5, 0.6) is 5.75 Å². The van der Waals surface area contributed by atoms with E-state index < -0.39 is 5.97 Å². The second-order valence-electron chi connectivity index (χ2n) is 4.98. The predicted molar refractivity (Wildman–Crippen MR) is 80.8 cm³/mol. The van der Waals surface area contributed by atoms with Crippen LogP contribution in [-0.4, -0.2) is 20.7 Å². The summed E-state index contributed by atoms with van der Waals surface area (Å²) in [6.07, 6.45) is 0. The summed E-state index contributed by atoms with van der Waals surface area (Å²) in [6, 6.07) is 15.4. The van der Waals surface area contributed by atoms with Crippen molar-refractivity contribution in [2.45, 2.75) is 6.54 Å². The van der Waals surface area contributed by atoms with Gasteiger partial charge in [0.05, 0.1) is 11.6 Å². The number of phenols is 1. The lowest BCUT2D eigenvalue weighted by atomic mass is 10.1. The number of fused-ring (bicyclic) bond motifs is 1. The summed E-state index contributed by atoms with van der Waals surface area (Å²) in [6.45, 7) is 0.339. The molecule has 0 atom stereocenters. The van der Waals surface area contributed by atoms with Gasteiger partial charge in [-0.05, 0) is 42.0 Å². The Hall–Kier alpha value is -3.26. The number of carboxylic acid groups (broad SMARTS) is 1. The molecule has 5 heteroatoms. The number of phenolic OH excluding ortho intramolecular Hbond substituents is 1. The molecule has 0 amide bonds. The normalized spacial score (nSPS) is 10.5. The third kappa shape index (κ3) is 2.38. The minimum atomic E-state index is -1.04. The van der Waals surface area contributed by atoms with Crippen molar-refractivity contribution < 1.29 is 15.0 Å². The molecule has 0 bridgehead atoms. The number of nitriles is 1. The average Bonchev–Trinajstić information content (AvgIpc) is 2.85. The van der Waals surface area contributed by atoms with E-state index in [-0.39, 0.29) is 11.4 Å². The van der Waals surface area contributed by atoms with Crippen LogP contribution in [0.2, 0.25) is 0 Å². The van der Waals surface area contributed by atoms with Crippen molar-refractivity contribution in [3.63, 3.8) is 0 Å². The van der Waals surface area contributed by atoms with Gasteiger partial charge in [0, 0.05) is 17.4 Å². The zero-order chi connectivity index (χ0) is 15.7. The molecule has 22 heavy (non-hydrogen) atoms. The molecule has 2 aromatic carbocycles. The summed E-state index contributed by atoms with van der Waals surface area (Å²) < 4.78 is 1.66. The first kappa shape index (κ1) is 13.7. The van der Waals surface area contributed by atoms with E-state index in [1.54, 1.807) is 28.8 Å². The van der Waals surface area contributed by atoms with Crippen molar-refractivity contribution in [2.24, 2.45) is 0 Å². The number of carboxylic acids is 1. The monoisotopic (exact) mass is 292 g/mol. The molecule has 0 saturated heterocycles. The van der Waals surface area contributed by atoms with E-state index >= 15 is 0 Å². The zero-order valence-corrected chi connectivity index (χ0v) is 11.5. The molecule has 0 aliphatic carbocycles. The second-order valence-corrected chi connectivity index (χ2v) is 4.98. The molecule has 0 fully saturated rings. The van der Waals surface area contributed by atoms with E-state index in [0.29, 0.717) is 17.5 Å². The molecule has 0 radical (unpaired) electrons. The van der Waals surface area contributed by atoms with Crippen LogP contribution in [0.15, 0.2) is 48.5 Å². The first-order valence-electron chi connectivity index (χ1n) is 6.63. The van der Waals surface area contributed by atoms with Crippen LogP contribution in [0.3, 0.4) is 0 Å². The lowest BCUT2D eigenvalue weighted by molar-refractivity contribution is 0.0686. The highest BCUT2D eigenvalue weighted by Crippen LogP contribution is 2.25. The van der Waals surface area contributed by atoms with Crippen LogP contribution in [0.25, 0.3) is 10.9 Å². The standard InChI is InChI=1S/C17H12N2O3/c18-9-11-2-1-3-12(6-11)10-19-15-5-4-14(20)7-13(15)8-16(19)17(21)22/h1-8,20H,10H2,(H,21,22). The average molecular weight is 292 g/mol. The van der Waals surface area contributed by atoms with Gasteiger partial charge in [-0.2, -0.15) is 5.26 Å². The molecular formula is C17H12N2O3. The maximum atomic E-state index is 11.5. The third-order valence-corrected chi connectivity index (χ3v) is 3.50. The Bertz CT molecular complexity index is 919. The molecule has 3 aromatic rings.